The van der Waals surface area contributed by atoms with Crippen molar-refractivity contribution >= 4 is 5.91 Å². The molecular weight excluding hydrogens is 190 g/mol. The van der Waals surface area contributed by atoms with Crippen LogP contribution in [0.3, 0.4) is 0 Å². The molecule has 2 heterocycles. The van der Waals surface area contributed by atoms with Crippen molar-refractivity contribution in [2.24, 2.45) is 0 Å². The van der Waals surface area contributed by atoms with Crippen LogP contribution in [0.2, 0.25) is 0 Å². The highest BCUT2D eigenvalue weighted by Crippen LogP contribution is 2.24. The molecule has 0 bridgehead atoms. The lowest BCUT2D eigenvalue weighted by Crippen LogP contribution is -2.47. The molecule has 0 aromatic carbocycles. The van der Waals surface area contributed by atoms with Gasteiger partial charge in [0.2, 0.25) is 0 Å². The van der Waals surface area contributed by atoms with Crippen LogP contribution >= 0.6 is 0 Å². The monoisotopic (exact) mass is 207 g/mol. The highest BCUT2D eigenvalue weighted by Gasteiger charge is 2.29. The molecule has 82 valence electrons. The van der Waals surface area contributed by atoms with Crippen LogP contribution in [0, 0.1) is 0 Å². The highest BCUT2D eigenvalue weighted by molar-refractivity contribution is 5.94. The molecule has 1 aromatic rings. The van der Waals surface area contributed by atoms with Crippen molar-refractivity contribution in [3.05, 3.63) is 24.2 Å². The standard InChI is InChI=1S/C12H17NO2/c1-9-4-3-5-10(2)13(9)12(14)11-6-7-15-8-11/h6-10H,3-5H2,1-2H3. The summed E-state index contributed by atoms with van der Waals surface area (Å²) in [7, 11) is 0. The smallest absolute Gasteiger partial charge is 0.257 e. The molecule has 1 amide bonds. The lowest BCUT2D eigenvalue weighted by Gasteiger charge is -2.38. The molecule has 2 rings (SSSR count). The van der Waals surface area contributed by atoms with E-state index in [1.165, 1.54) is 12.7 Å². The SMILES string of the molecule is CC1CCCC(C)N1C(=O)c1ccoc1. The van der Waals surface area contributed by atoms with E-state index in [0.29, 0.717) is 17.6 Å². The van der Waals surface area contributed by atoms with Gasteiger partial charge in [-0.3, -0.25) is 4.79 Å². The van der Waals surface area contributed by atoms with Gasteiger partial charge in [-0.05, 0) is 39.2 Å². The van der Waals surface area contributed by atoms with E-state index in [1.807, 2.05) is 4.90 Å². The van der Waals surface area contributed by atoms with Gasteiger partial charge in [-0.1, -0.05) is 0 Å². The van der Waals surface area contributed by atoms with Gasteiger partial charge in [0, 0.05) is 12.1 Å². The first-order valence-corrected chi connectivity index (χ1v) is 5.55. The van der Waals surface area contributed by atoms with Crippen LogP contribution < -0.4 is 0 Å². The fourth-order valence-electron chi connectivity index (χ4n) is 2.36. The summed E-state index contributed by atoms with van der Waals surface area (Å²) in [5, 5.41) is 0. The normalized spacial score (nSPS) is 26.7. The van der Waals surface area contributed by atoms with Crippen molar-refractivity contribution in [1.82, 2.24) is 4.90 Å². The molecule has 0 N–H and O–H groups in total. The Morgan fingerprint density at radius 1 is 1.40 bits per heavy atom. The minimum atomic E-state index is 0.100. The van der Waals surface area contributed by atoms with Gasteiger partial charge in [-0.25, -0.2) is 0 Å². The molecule has 2 unspecified atom stereocenters. The predicted octanol–water partition coefficient (Wildman–Crippen LogP) is 2.68. The summed E-state index contributed by atoms with van der Waals surface area (Å²) in [5.41, 5.74) is 0.663. The molecule has 3 heteroatoms. The average molecular weight is 207 g/mol. The molecule has 0 saturated carbocycles. The number of hydrogen-bond donors (Lipinski definition) is 0. The summed E-state index contributed by atoms with van der Waals surface area (Å²) < 4.78 is 4.95. The van der Waals surface area contributed by atoms with Crippen molar-refractivity contribution in [1.29, 1.82) is 0 Å². The van der Waals surface area contributed by atoms with Crippen molar-refractivity contribution in [2.75, 3.05) is 0 Å². The molecule has 1 fully saturated rings. The molecule has 1 aliphatic rings. The van der Waals surface area contributed by atoms with E-state index in [9.17, 15) is 4.79 Å². The zero-order chi connectivity index (χ0) is 10.8. The lowest BCUT2D eigenvalue weighted by molar-refractivity contribution is 0.0510. The minimum absolute atomic E-state index is 0.100. The Balaban J connectivity index is 2.17. The average Bonchev–Trinajstić information content (AvgIpc) is 2.69. The van der Waals surface area contributed by atoms with Gasteiger partial charge in [0.1, 0.15) is 6.26 Å². The van der Waals surface area contributed by atoms with Crippen LogP contribution in [-0.2, 0) is 0 Å². The summed E-state index contributed by atoms with van der Waals surface area (Å²) in [6.07, 6.45) is 6.50. The van der Waals surface area contributed by atoms with Crippen LogP contribution in [0.25, 0.3) is 0 Å². The van der Waals surface area contributed by atoms with Crippen molar-refractivity contribution < 1.29 is 9.21 Å². The van der Waals surface area contributed by atoms with Crippen LogP contribution in [0.4, 0.5) is 0 Å². The molecule has 0 aliphatic carbocycles. The largest absolute Gasteiger partial charge is 0.472 e. The first-order chi connectivity index (χ1) is 7.20. The van der Waals surface area contributed by atoms with Crippen molar-refractivity contribution in [2.45, 2.75) is 45.2 Å². The summed E-state index contributed by atoms with van der Waals surface area (Å²) in [5.74, 6) is 0.100. The lowest BCUT2D eigenvalue weighted by atomic mass is 9.97. The number of rotatable bonds is 1. The molecule has 15 heavy (non-hydrogen) atoms. The van der Waals surface area contributed by atoms with Gasteiger partial charge < -0.3 is 9.32 Å². The molecule has 1 saturated heterocycles. The second kappa shape index (κ2) is 4.09. The number of amides is 1. The summed E-state index contributed by atoms with van der Waals surface area (Å²) in [6, 6.07) is 2.42. The fraction of sp³-hybridized carbons (Fsp3) is 0.583. The van der Waals surface area contributed by atoms with E-state index < -0.39 is 0 Å². The van der Waals surface area contributed by atoms with E-state index in [0.717, 1.165) is 12.8 Å². The summed E-state index contributed by atoms with van der Waals surface area (Å²) in [4.78, 5) is 14.1. The highest BCUT2D eigenvalue weighted by atomic mass is 16.3. The number of carbonyl (C=O) groups is 1. The second-order valence-electron chi connectivity index (χ2n) is 4.35. The molecule has 2 atom stereocenters. The van der Waals surface area contributed by atoms with Gasteiger partial charge in [0.05, 0.1) is 11.8 Å². The Bertz CT molecular complexity index is 321. The first kappa shape index (κ1) is 10.3. The van der Waals surface area contributed by atoms with E-state index >= 15 is 0 Å². The zero-order valence-electron chi connectivity index (χ0n) is 9.27. The Kier molecular flexibility index (Phi) is 2.80. The molecule has 0 spiro atoms. The third-order valence-corrected chi connectivity index (χ3v) is 3.20. The molecule has 3 nitrogen and oxygen atoms in total. The number of hydrogen-bond acceptors (Lipinski definition) is 2. The molecule has 1 aliphatic heterocycles. The van der Waals surface area contributed by atoms with Crippen LogP contribution in [-0.4, -0.2) is 22.9 Å². The topological polar surface area (TPSA) is 33.5 Å². The van der Waals surface area contributed by atoms with E-state index in [2.05, 4.69) is 13.8 Å². The minimum Gasteiger partial charge on any atom is -0.472 e. The van der Waals surface area contributed by atoms with Gasteiger partial charge in [0.15, 0.2) is 0 Å². The first-order valence-electron chi connectivity index (χ1n) is 5.55. The fourth-order valence-corrected chi connectivity index (χ4v) is 2.36. The van der Waals surface area contributed by atoms with Crippen LogP contribution in [0.1, 0.15) is 43.5 Å². The van der Waals surface area contributed by atoms with Gasteiger partial charge in [-0.2, -0.15) is 0 Å². The Labute approximate surface area is 90.1 Å². The third-order valence-electron chi connectivity index (χ3n) is 3.20. The van der Waals surface area contributed by atoms with E-state index in [4.69, 9.17) is 4.42 Å². The third kappa shape index (κ3) is 1.91. The quantitative estimate of drug-likeness (QED) is 0.709. The maximum atomic E-state index is 12.1. The number of furan rings is 1. The van der Waals surface area contributed by atoms with E-state index in [1.54, 1.807) is 12.3 Å². The van der Waals surface area contributed by atoms with Crippen LogP contribution in [0.5, 0.6) is 0 Å². The van der Waals surface area contributed by atoms with Gasteiger partial charge in [-0.15, -0.1) is 0 Å². The van der Waals surface area contributed by atoms with E-state index in [-0.39, 0.29) is 5.91 Å². The Morgan fingerprint density at radius 3 is 2.60 bits per heavy atom. The predicted molar refractivity (Wildman–Crippen MR) is 57.7 cm³/mol. The summed E-state index contributed by atoms with van der Waals surface area (Å²) >= 11 is 0. The van der Waals surface area contributed by atoms with Gasteiger partial charge >= 0.3 is 0 Å². The number of piperidine rings is 1. The number of carbonyl (C=O) groups excluding carboxylic acids is 1. The Morgan fingerprint density at radius 2 is 2.07 bits per heavy atom. The maximum absolute atomic E-state index is 12.1. The molecular formula is C12H17NO2. The van der Waals surface area contributed by atoms with Gasteiger partial charge in [0.25, 0.3) is 5.91 Å². The summed E-state index contributed by atoms with van der Waals surface area (Å²) in [6.45, 7) is 4.24. The van der Waals surface area contributed by atoms with Crippen molar-refractivity contribution in [3.63, 3.8) is 0 Å². The maximum Gasteiger partial charge on any atom is 0.257 e. The molecule has 1 aromatic heterocycles. The van der Waals surface area contributed by atoms with Crippen LogP contribution in [0.15, 0.2) is 23.0 Å². The number of nitrogens with zero attached hydrogens (tertiary/aromatic N) is 1. The number of likely N-dealkylation sites (tertiary alicyclic amines) is 1. The zero-order valence-corrected chi connectivity index (χ0v) is 9.27. The molecule has 0 radical (unpaired) electrons. The Hall–Kier alpha value is -1.25. The second-order valence-corrected chi connectivity index (χ2v) is 4.35. The van der Waals surface area contributed by atoms with Crippen molar-refractivity contribution in [3.8, 4) is 0 Å².